The van der Waals surface area contributed by atoms with Crippen LogP contribution < -0.4 is 0 Å². The van der Waals surface area contributed by atoms with Crippen LogP contribution in [-0.4, -0.2) is 18.2 Å². The molecule has 0 aromatic heterocycles. The van der Waals surface area contributed by atoms with Gasteiger partial charge in [0.05, 0.1) is 13.0 Å². The smallest absolute Gasteiger partial charge is 0.341 e. The Morgan fingerprint density at radius 3 is 2.76 bits per heavy atom. The van der Waals surface area contributed by atoms with Gasteiger partial charge in [0.15, 0.2) is 0 Å². The zero-order chi connectivity index (χ0) is 12.4. The fraction of sp³-hybridized carbons (Fsp3) is 0.154. The zero-order valence-electron chi connectivity index (χ0n) is 9.24. The summed E-state index contributed by atoms with van der Waals surface area (Å²) in [4.78, 5) is 11.5. The predicted molar refractivity (Wildman–Crippen MR) is 66.5 cm³/mol. The van der Waals surface area contributed by atoms with Crippen molar-refractivity contribution in [3.8, 4) is 5.75 Å². The molecule has 3 nitrogen and oxygen atoms in total. The summed E-state index contributed by atoms with van der Waals surface area (Å²) in [6.07, 6.45) is 0. The lowest BCUT2D eigenvalue weighted by Crippen LogP contribution is -2.03. The molecule has 88 valence electrons. The molecule has 0 radical (unpaired) electrons. The Morgan fingerprint density at radius 2 is 2.12 bits per heavy atom. The molecular weight excluding hydrogens is 240 g/mol. The SMILES string of the molecule is COC(=O)c1cc2ccccc2c(CCl)c1O. The van der Waals surface area contributed by atoms with Crippen LogP contribution in [-0.2, 0) is 10.6 Å². The summed E-state index contributed by atoms with van der Waals surface area (Å²) in [7, 11) is 1.28. The maximum atomic E-state index is 11.5. The lowest BCUT2D eigenvalue weighted by molar-refractivity contribution is 0.0597. The minimum atomic E-state index is -0.570. The van der Waals surface area contributed by atoms with Gasteiger partial charge in [0, 0.05) is 5.56 Å². The number of alkyl halides is 1. The van der Waals surface area contributed by atoms with E-state index in [1.807, 2.05) is 24.3 Å². The van der Waals surface area contributed by atoms with E-state index in [-0.39, 0.29) is 17.2 Å². The molecule has 0 aliphatic carbocycles. The van der Waals surface area contributed by atoms with Crippen molar-refractivity contribution in [1.82, 2.24) is 0 Å². The van der Waals surface area contributed by atoms with Crippen molar-refractivity contribution in [2.45, 2.75) is 5.88 Å². The van der Waals surface area contributed by atoms with Gasteiger partial charge in [-0.2, -0.15) is 0 Å². The number of phenolic OH excluding ortho intramolecular Hbond substituents is 1. The average Bonchev–Trinajstić information content (AvgIpc) is 2.37. The standard InChI is InChI=1S/C13H11ClO3/c1-17-13(16)10-6-8-4-2-3-5-9(8)11(7-14)12(10)15/h2-6,15H,7H2,1H3. The quantitative estimate of drug-likeness (QED) is 0.658. The molecule has 0 atom stereocenters. The Morgan fingerprint density at radius 1 is 1.41 bits per heavy atom. The molecule has 0 spiro atoms. The molecule has 0 saturated carbocycles. The normalized spacial score (nSPS) is 10.5. The second-order valence-corrected chi connectivity index (χ2v) is 3.86. The molecule has 0 fully saturated rings. The van der Waals surface area contributed by atoms with Crippen molar-refractivity contribution in [3.63, 3.8) is 0 Å². The molecule has 2 rings (SSSR count). The number of hydrogen-bond acceptors (Lipinski definition) is 3. The van der Waals surface area contributed by atoms with E-state index in [0.29, 0.717) is 5.56 Å². The van der Waals surface area contributed by atoms with Crippen LogP contribution in [0.5, 0.6) is 5.75 Å². The van der Waals surface area contributed by atoms with Gasteiger partial charge in [-0.25, -0.2) is 4.79 Å². The topological polar surface area (TPSA) is 46.5 Å². The molecule has 0 aliphatic heterocycles. The number of aromatic hydroxyl groups is 1. The van der Waals surface area contributed by atoms with Crippen LogP contribution in [0.25, 0.3) is 10.8 Å². The molecule has 17 heavy (non-hydrogen) atoms. The van der Waals surface area contributed by atoms with Crippen LogP contribution in [0, 0.1) is 0 Å². The summed E-state index contributed by atoms with van der Waals surface area (Å²) < 4.78 is 4.62. The highest BCUT2D eigenvalue weighted by molar-refractivity contribution is 6.18. The van der Waals surface area contributed by atoms with E-state index < -0.39 is 5.97 Å². The van der Waals surface area contributed by atoms with E-state index in [1.54, 1.807) is 6.07 Å². The van der Waals surface area contributed by atoms with Gasteiger partial charge >= 0.3 is 5.97 Å². The van der Waals surface area contributed by atoms with Crippen LogP contribution in [0.3, 0.4) is 0 Å². The highest BCUT2D eigenvalue weighted by atomic mass is 35.5. The van der Waals surface area contributed by atoms with E-state index in [0.717, 1.165) is 10.8 Å². The van der Waals surface area contributed by atoms with E-state index in [1.165, 1.54) is 7.11 Å². The first kappa shape index (κ1) is 11.7. The number of benzene rings is 2. The summed E-state index contributed by atoms with van der Waals surface area (Å²) in [5, 5.41) is 11.7. The molecule has 2 aromatic rings. The summed E-state index contributed by atoms with van der Waals surface area (Å²) in [6, 6.07) is 9.03. The van der Waals surface area contributed by atoms with Gasteiger partial charge in [0.25, 0.3) is 0 Å². The number of hydrogen-bond donors (Lipinski definition) is 1. The monoisotopic (exact) mass is 250 g/mol. The molecular formula is C13H11ClO3. The van der Waals surface area contributed by atoms with Gasteiger partial charge in [-0.15, -0.1) is 11.6 Å². The number of halogens is 1. The molecule has 1 N–H and O–H groups in total. The Hall–Kier alpha value is -1.74. The Labute approximate surface area is 104 Å². The number of fused-ring (bicyclic) bond motifs is 1. The first-order valence-corrected chi connectivity index (χ1v) is 5.60. The fourth-order valence-electron chi connectivity index (χ4n) is 1.81. The Balaban J connectivity index is 2.80. The molecule has 2 aromatic carbocycles. The summed E-state index contributed by atoms with van der Waals surface area (Å²) in [6.45, 7) is 0. The van der Waals surface area contributed by atoms with E-state index in [4.69, 9.17) is 11.6 Å². The minimum absolute atomic E-state index is 0.106. The van der Waals surface area contributed by atoms with Crippen LogP contribution in [0.2, 0.25) is 0 Å². The molecule has 0 heterocycles. The first-order valence-electron chi connectivity index (χ1n) is 5.07. The van der Waals surface area contributed by atoms with Gasteiger partial charge in [-0.1, -0.05) is 24.3 Å². The van der Waals surface area contributed by atoms with Crippen molar-refractivity contribution in [2.24, 2.45) is 0 Å². The van der Waals surface area contributed by atoms with Crippen molar-refractivity contribution in [1.29, 1.82) is 0 Å². The van der Waals surface area contributed by atoms with Crippen molar-refractivity contribution in [2.75, 3.05) is 7.11 Å². The van der Waals surface area contributed by atoms with Crippen molar-refractivity contribution >= 4 is 28.3 Å². The number of esters is 1. The second kappa shape index (κ2) is 4.63. The maximum absolute atomic E-state index is 11.5. The highest BCUT2D eigenvalue weighted by Crippen LogP contribution is 2.32. The number of rotatable bonds is 2. The Kier molecular flexibility index (Phi) is 3.20. The molecule has 0 unspecified atom stereocenters. The number of methoxy groups -OCH3 is 1. The van der Waals surface area contributed by atoms with Crippen LogP contribution in [0.15, 0.2) is 30.3 Å². The fourth-order valence-corrected chi connectivity index (χ4v) is 2.08. The third kappa shape index (κ3) is 1.94. The van der Waals surface area contributed by atoms with Crippen LogP contribution in [0.1, 0.15) is 15.9 Å². The zero-order valence-corrected chi connectivity index (χ0v) is 9.99. The van der Waals surface area contributed by atoms with Gasteiger partial charge in [-0.05, 0) is 16.8 Å². The lowest BCUT2D eigenvalue weighted by atomic mass is 10.0. The van der Waals surface area contributed by atoms with Gasteiger partial charge < -0.3 is 9.84 Å². The summed E-state index contributed by atoms with van der Waals surface area (Å²) in [5.74, 6) is -0.540. The third-order valence-electron chi connectivity index (χ3n) is 2.67. The molecule has 4 heteroatoms. The maximum Gasteiger partial charge on any atom is 0.341 e. The summed E-state index contributed by atoms with van der Waals surface area (Å²) in [5.41, 5.74) is 0.687. The lowest BCUT2D eigenvalue weighted by Gasteiger charge is -2.10. The molecule has 0 amide bonds. The predicted octanol–water partition coefficient (Wildman–Crippen LogP) is 3.07. The largest absolute Gasteiger partial charge is 0.507 e. The molecule has 0 aliphatic rings. The van der Waals surface area contributed by atoms with E-state index in [9.17, 15) is 9.90 Å². The van der Waals surface area contributed by atoms with Gasteiger partial charge in [0.1, 0.15) is 11.3 Å². The average molecular weight is 251 g/mol. The Bertz CT molecular complexity index is 578. The summed E-state index contributed by atoms with van der Waals surface area (Å²) >= 11 is 5.82. The number of carbonyl (C=O) groups excluding carboxylic acids is 1. The van der Waals surface area contributed by atoms with E-state index >= 15 is 0 Å². The highest BCUT2D eigenvalue weighted by Gasteiger charge is 2.17. The number of carbonyl (C=O) groups is 1. The van der Waals surface area contributed by atoms with Crippen molar-refractivity contribution < 1.29 is 14.6 Å². The molecule has 0 saturated heterocycles. The minimum Gasteiger partial charge on any atom is -0.507 e. The third-order valence-corrected chi connectivity index (χ3v) is 2.93. The van der Waals surface area contributed by atoms with E-state index in [2.05, 4.69) is 4.74 Å². The molecule has 0 bridgehead atoms. The van der Waals surface area contributed by atoms with Crippen LogP contribution in [0.4, 0.5) is 0 Å². The number of ether oxygens (including phenoxy) is 1. The van der Waals surface area contributed by atoms with Gasteiger partial charge in [0.2, 0.25) is 0 Å². The van der Waals surface area contributed by atoms with Crippen molar-refractivity contribution in [3.05, 3.63) is 41.5 Å². The first-order chi connectivity index (χ1) is 8.19. The second-order valence-electron chi connectivity index (χ2n) is 3.60. The van der Waals surface area contributed by atoms with Gasteiger partial charge in [-0.3, -0.25) is 0 Å². The number of phenols is 1. The van der Waals surface area contributed by atoms with Crippen LogP contribution >= 0.6 is 11.6 Å².